The number of alkyl halides is 4. The third kappa shape index (κ3) is 3.66. The fraction of sp³-hybridized carbons (Fsp3) is 0.409. The molecule has 8 nitrogen and oxygen atoms in total. The van der Waals surface area contributed by atoms with Gasteiger partial charge in [0.1, 0.15) is 17.3 Å². The van der Waals surface area contributed by atoms with E-state index in [4.69, 9.17) is 0 Å². The average molecular weight is 475 g/mol. The lowest BCUT2D eigenvalue weighted by molar-refractivity contribution is -0.114. The zero-order valence-electron chi connectivity index (χ0n) is 18.6. The smallest absolute Gasteiger partial charge is 0.303 e. The van der Waals surface area contributed by atoms with Crippen molar-refractivity contribution in [3.05, 3.63) is 41.6 Å². The quantitative estimate of drug-likeness (QED) is 0.548. The Balaban J connectivity index is 1.67. The standard InChI is InChI=1S/C22H21F4N7O/c1-11(34)29-16-7-15-13(9-27-16)22(4-5-22)10-33(15)17-6-14(30-20(31-17)21(2,25)26)12-8-28-32(3)18(12)19(23)24/h6-9,19H,4-5,10H2,1-3H3,(H,27,29,34). The zero-order valence-corrected chi connectivity index (χ0v) is 18.6. The molecule has 12 heteroatoms. The van der Waals surface area contributed by atoms with E-state index in [1.54, 1.807) is 17.2 Å². The van der Waals surface area contributed by atoms with Gasteiger partial charge in [-0.25, -0.2) is 23.7 Å². The molecule has 0 radical (unpaired) electrons. The summed E-state index contributed by atoms with van der Waals surface area (Å²) in [7, 11) is 1.35. The fourth-order valence-electron chi connectivity index (χ4n) is 4.39. The highest BCUT2D eigenvalue weighted by atomic mass is 19.3. The molecule has 178 valence electrons. The van der Waals surface area contributed by atoms with Crippen molar-refractivity contribution >= 4 is 23.2 Å². The van der Waals surface area contributed by atoms with Crippen molar-refractivity contribution in [1.82, 2.24) is 24.7 Å². The van der Waals surface area contributed by atoms with E-state index >= 15 is 0 Å². The van der Waals surface area contributed by atoms with E-state index in [1.165, 1.54) is 26.2 Å². The minimum Gasteiger partial charge on any atom is -0.325 e. The number of rotatable bonds is 5. The van der Waals surface area contributed by atoms with Crippen LogP contribution in [-0.2, 0) is 23.2 Å². The third-order valence-electron chi connectivity index (χ3n) is 6.21. The molecule has 3 aromatic heterocycles. The van der Waals surface area contributed by atoms with Crippen molar-refractivity contribution in [2.45, 2.75) is 44.5 Å². The van der Waals surface area contributed by atoms with Gasteiger partial charge in [-0.2, -0.15) is 13.9 Å². The maximum atomic E-state index is 14.4. The highest BCUT2D eigenvalue weighted by molar-refractivity contribution is 5.89. The first-order valence-corrected chi connectivity index (χ1v) is 10.6. The molecule has 34 heavy (non-hydrogen) atoms. The molecule has 0 bridgehead atoms. The summed E-state index contributed by atoms with van der Waals surface area (Å²) in [4.78, 5) is 25.6. The number of amides is 1. The van der Waals surface area contributed by atoms with Gasteiger partial charge >= 0.3 is 5.92 Å². The average Bonchev–Trinajstić information content (AvgIpc) is 3.31. The van der Waals surface area contributed by atoms with Crippen LogP contribution in [-0.4, -0.2) is 37.2 Å². The Bertz CT molecular complexity index is 1300. The Morgan fingerprint density at radius 2 is 1.94 bits per heavy atom. The molecule has 0 aromatic carbocycles. The molecule has 1 fully saturated rings. The van der Waals surface area contributed by atoms with Gasteiger partial charge < -0.3 is 10.2 Å². The Morgan fingerprint density at radius 1 is 1.21 bits per heavy atom. The number of aromatic nitrogens is 5. The first-order chi connectivity index (χ1) is 16.0. The summed E-state index contributed by atoms with van der Waals surface area (Å²) in [6, 6.07) is 3.09. The summed E-state index contributed by atoms with van der Waals surface area (Å²) >= 11 is 0. The number of anilines is 3. The van der Waals surface area contributed by atoms with E-state index in [0.717, 1.165) is 23.1 Å². The van der Waals surface area contributed by atoms with Gasteiger partial charge in [-0.3, -0.25) is 9.48 Å². The van der Waals surface area contributed by atoms with E-state index in [2.05, 4.69) is 25.4 Å². The summed E-state index contributed by atoms with van der Waals surface area (Å²) in [5.41, 5.74) is 0.889. The number of aryl methyl sites for hydroxylation is 1. The molecule has 1 saturated carbocycles. The third-order valence-corrected chi connectivity index (χ3v) is 6.21. The van der Waals surface area contributed by atoms with Crippen molar-refractivity contribution in [1.29, 1.82) is 0 Å². The molecule has 2 aliphatic rings. The van der Waals surface area contributed by atoms with Crippen molar-refractivity contribution in [2.75, 3.05) is 16.8 Å². The van der Waals surface area contributed by atoms with E-state index in [-0.39, 0.29) is 28.4 Å². The Hall–Kier alpha value is -3.57. The SMILES string of the molecule is CC(=O)Nc1cc2c(cn1)C1(CC1)CN2c1cc(-c2cnn(C)c2C(F)F)nc(C(C)(F)F)n1. The van der Waals surface area contributed by atoms with Crippen molar-refractivity contribution in [3.63, 3.8) is 0 Å². The highest BCUT2D eigenvalue weighted by Gasteiger charge is 2.53. The highest BCUT2D eigenvalue weighted by Crippen LogP contribution is 2.58. The van der Waals surface area contributed by atoms with Gasteiger partial charge in [0.05, 0.1) is 17.6 Å². The van der Waals surface area contributed by atoms with E-state index in [1.807, 2.05) is 0 Å². The molecule has 5 rings (SSSR count). The van der Waals surface area contributed by atoms with E-state index in [9.17, 15) is 22.4 Å². The molecular weight excluding hydrogens is 454 g/mol. The summed E-state index contributed by atoms with van der Waals surface area (Å²) < 4.78 is 57.1. The molecular formula is C22H21F4N7O. The Morgan fingerprint density at radius 3 is 2.56 bits per heavy atom. The minimum absolute atomic E-state index is 0.0409. The van der Waals surface area contributed by atoms with E-state index < -0.39 is 23.9 Å². The lowest BCUT2D eigenvalue weighted by Gasteiger charge is -2.22. The number of hydrogen-bond acceptors (Lipinski definition) is 6. The predicted molar refractivity (Wildman–Crippen MR) is 115 cm³/mol. The molecule has 4 heterocycles. The number of carbonyl (C=O) groups is 1. The van der Waals surface area contributed by atoms with Crippen LogP contribution in [0, 0.1) is 0 Å². The van der Waals surface area contributed by atoms with Crippen LogP contribution in [0.3, 0.4) is 0 Å². The zero-order chi connectivity index (χ0) is 24.4. The molecule has 1 amide bonds. The number of nitrogens with one attached hydrogen (secondary N) is 1. The fourth-order valence-corrected chi connectivity index (χ4v) is 4.39. The van der Waals surface area contributed by atoms with Gasteiger partial charge in [-0.1, -0.05) is 0 Å². The number of fused-ring (bicyclic) bond motifs is 2. The predicted octanol–water partition coefficient (Wildman–Crippen LogP) is 4.46. The molecule has 3 aromatic rings. The minimum atomic E-state index is -3.41. The van der Waals surface area contributed by atoms with Gasteiger partial charge in [0.15, 0.2) is 0 Å². The van der Waals surface area contributed by atoms with Crippen molar-refractivity contribution in [2.24, 2.45) is 7.05 Å². The van der Waals surface area contributed by atoms with Crippen LogP contribution in [0.2, 0.25) is 0 Å². The summed E-state index contributed by atoms with van der Waals surface area (Å²) in [6.07, 6.45) is 1.78. The van der Waals surface area contributed by atoms with Gasteiger partial charge in [0.2, 0.25) is 11.7 Å². The largest absolute Gasteiger partial charge is 0.325 e. The lowest BCUT2D eigenvalue weighted by Crippen LogP contribution is -2.23. The first kappa shape index (κ1) is 22.2. The maximum Gasteiger partial charge on any atom is 0.303 e. The summed E-state index contributed by atoms with van der Waals surface area (Å²) in [5.74, 6) is -4.02. The van der Waals surface area contributed by atoms with Crippen LogP contribution in [0.4, 0.5) is 34.9 Å². The molecule has 1 aliphatic heterocycles. The van der Waals surface area contributed by atoms with Crippen LogP contribution >= 0.6 is 0 Å². The van der Waals surface area contributed by atoms with Crippen molar-refractivity contribution in [3.8, 4) is 11.3 Å². The van der Waals surface area contributed by atoms with Crippen LogP contribution < -0.4 is 10.2 Å². The number of carbonyl (C=O) groups excluding carboxylic acids is 1. The molecule has 0 atom stereocenters. The number of pyridine rings is 1. The second kappa shape index (κ2) is 7.47. The number of nitrogens with zero attached hydrogens (tertiary/aromatic N) is 6. The monoisotopic (exact) mass is 475 g/mol. The van der Waals surface area contributed by atoms with Gasteiger partial charge in [-0.15, -0.1) is 0 Å². The van der Waals surface area contributed by atoms with Crippen LogP contribution in [0.25, 0.3) is 11.3 Å². The number of halogens is 4. The molecule has 1 aliphatic carbocycles. The topological polar surface area (TPSA) is 88.8 Å². The lowest BCUT2D eigenvalue weighted by atomic mass is 10.0. The normalized spacial score (nSPS) is 16.3. The Kier molecular flexibility index (Phi) is 4.88. The van der Waals surface area contributed by atoms with Gasteiger partial charge in [-0.05, 0) is 12.8 Å². The van der Waals surface area contributed by atoms with Gasteiger partial charge in [0.25, 0.3) is 6.43 Å². The van der Waals surface area contributed by atoms with Crippen molar-refractivity contribution < 1.29 is 22.4 Å². The van der Waals surface area contributed by atoms with Crippen LogP contribution in [0.1, 0.15) is 50.2 Å². The summed E-state index contributed by atoms with van der Waals surface area (Å²) in [5, 5.41) is 6.49. The first-order valence-electron chi connectivity index (χ1n) is 10.6. The van der Waals surface area contributed by atoms with E-state index in [0.29, 0.717) is 25.0 Å². The summed E-state index contributed by atoms with van der Waals surface area (Å²) in [6.45, 7) is 2.48. The molecule has 1 N–H and O–H groups in total. The Labute approximate surface area is 192 Å². The molecule has 1 spiro atoms. The second-order valence-corrected chi connectivity index (χ2v) is 8.83. The second-order valence-electron chi connectivity index (χ2n) is 8.83. The van der Waals surface area contributed by atoms with Crippen LogP contribution in [0.5, 0.6) is 0 Å². The number of hydrogen-bond donors (Lipinski definition) is 1. The van der Waals surface area contributed by atoms with Gasteiger partial charge in [0, 0.05) is 62.3 Å². The maximum absolute atomic E-state index is 14.4. The van der Waals surface area contributed by atoms with Crippen LogP contribution in [0.15, 0.2) is 24.5 Å². The molecule has 0 saturated heterocycles. The molecule has 0 unspecified atom stereocenters.